The van der Waals surface area contributed by atoms with Gasteiger partial charge in [0.25, 0.3) is 0 Å². The smallest absolute Gasteiger partial charge is 0.191 e. The molecule has 0 atom stereocenters. The van der Waals surface area contributed by atoms with Crippen LogP contribution in [-0.2, 0) is 11.2 Å². The summed E-state index contributed by atoms with van der Waals surface area (Å²) in [7, 11) is 3.44. The Bertz CT molecular complexity index is 536. The SMILES string of the molecule is CN=C(NCCOC)NCCc1cn2ccccc2n1.I. The van der Waals surface area contributed by atoms with Gasteiger partial charge >= 0.3 is 0 Å². The molecule has 0 bridgehead atoms. The number of imidazole rings is 1. The first-order chi connectivity index (χ1) is 9.83. The van der Waals surface area contributed by atoms with Crippen LogP contribution < -0.4 is 10.6 Å². The molecule has 0 aliphatic rings. The van der Waals surface area contributed by atoms with E-state index < -0.39 is 0 Å². The van der Waals surface area contributed by atoms with Gasteiger partial charge in [0, 0.05) is 46.1 Å². The first-order valence-corrected chi connectivity index (χ1v) is 6.69. The fraction of sp³-hybridized carbons (Fsp3) is 0.429. The zero-order valence-electron chi connectivity index (χ0n) is 12.4. The normalized spacial score (nSPS) is 11.2. The molecule has 0 fully saturated rings. The number of hydrogen-bond acceptors (Lipinski definition) is 3. The summed E-state index contributed by atoms with van der Waals surface area (Å²) in [6, 6.07) is 5.99. The van der Waals surface area contributed by atoms with Crippen molar-refractivity contribution in [1.29, 1.82) is 0 Å². The lowest BCUT2D eigenvalue weighted by Crippen LogP contribution is -2.39. The molecular weight excluding hydrogens is 381 g/mol. The molecule has 0 saturated carbocycles. The number of hydrogen-bond donors (Lipinski definition) is 2. The van der Waals surface area contributed by atoms with Gasteiger partial charge in [0.15, 0.2) is 5.96 Å². The fourth-order valence-corrected chi connectivity index (χ4v) is 1.91. The highest BCUT2D eigenvalue weighted by molar-refractivity contribution is 14.0. The number of aliphatic imine (C=N–C) groups is 1. The first-order valence-electron chi connectivity index (χ1n) is 6.69. The molecule has 2 heterocycles. The van der Waals surface area contributed by atoms with Crippen molar-refractivity contribution in [2.45, 2.75) is 6.42 Å². The van der Waals surface area contributed by atoms with E-state index in [9.17, 15) is 0 Å². The number of fused-ring (bicyclic) bond motifs is 1. The van der Waals surface area contributed by atoms with Gasteiger partial charge < -0.3 is 19.8 Å². The Morgan fingerprint density at radius 2 is 2.14 bits per heavy atom. The van der Waals surface area contributed by atoms with E-state index in [1.807, 2.05) is 28.8 Å². The van der Waals surface area contributed by atoms with Gasteiger partial charge in [-0.05, 0) is 12.1 Å². The summed E-state index contributed by atoms with van der Waals surface area (Å²) in [4.78, 5) is 8.70. The Kier molecular flexibility index (Phi) is 8.06. The van der Waals surface area contributed by atoms with Crippen molar-refractivity contribution in [2.24, 2.45) is 4.99 Å². The monoisotopic (exact) mass is 403 g/mol. The van der Waals surface area contributed by atoms with Gasteiger partial charge in [0.2, 0.25) is 0 Å². The van der Waals surface area contributed by atoms with Crippen LogP contribution in [0.25, 0.3) is 5.65 Å². The van der Waals surface area contributed by atoms with E-state index in [0.29, 0.717) is 6.61 Å². The highest BCUT2D eigenvalue weighted by Gasteiger charge is 2.01. The maximum Gasteiger partial charge on any atom is 0.191 e. The largest absolute Gasteiger partial charge is 0.383 e. The summed E-state index contributed by atoms with van der Waals surface area (Å²) in [6.07, 6.45) is 4.91. The molecule has 0 unspecified atom stereocenters. The standard InChI is InChI=1S/C14H21N5O.HI/c1-15-14(17-8-10-20-2)16-7-6-12-11-19-9-4-3-5-13(19)18-12;/h3-5,9,11H,6-8,10H2,1-2H3,(H2,15,16,17);1H. The van der Waals surface area contributed by atoms with Crippen LogP contribution in [0, 0.1) is 0 Å². The van der Waals surface area contributed by atoms with E-state index in [1.54, 1.807) is 14.2 Å². The molecule has 0 amide bonds. The lowest BCUT2D eigenvalue weighted by molar-refractivity contribution is 0.203. The third-order valence-corrected chi connectivity index (χ3v) is 2.91. The number of guanidine groups is 1. The van der Waals surface area contributed by atoms with Gasteiger partial charge in [-0.15, -0.1) is 24.0 Å². The zero-order valence-corrected chi connectivity index (χ0v) is 14.7. The third-order valence-electron chi connectivity index (χ3n) is 2.91. The molecule has 21 heavy (non-hydrogen) atoms. The van der Waals surface area contributed by atoms with E-state index in [-0.39, 0.29) is 24.0 Å². The number of nitrogens with zero attached hydrogens (tertiary/aromatic N) is 3. The molecule has 2 aromatic rings. The predicted molar refractivity (Wildman–Crippen MR) is 95.6 cm³/mol. The minimum Gasteiger partial charge on any atom is -0.383 e. The number of aromatic nitrogens is 2. The molecular formula is C14H22IN5O. The highest BCUT2D eigenvalue weighted by Crippen LogP contribution is 2.04. The number of methoxy groups -OCH3 is 1. The molecule has 0 spiro atoms. The molecule has 2 rings (SSSR count). The Morgan fingerprint density at radius 3 is 2.86 bits per heavy atom. The second-order valence-electron chi connectivity index (χ2n) is 4.37. The van der Waals surface area contributed by atoms with Gasteiger partial charge in [-0.25, -0.2) is 4.98 Å². The van der Waals surface area contributed by atoms with Gasteiger partial charge in [0.05, 0.1) is 12.3 Å². The first kappa shape index (κ1) is 17.7. The molecule has 2 N–H and O–H groups in total. The van der Waals surface area contributed by atoms with Crippen LogP contribution in [0.1, 0.15) is 5.69 Å². The van der Waals surface area contributed by atoms with Crippen LogP contribution >= 0.6 is 24.0 Å². The lowest BCUT2D eigenvalue weighted by Gasteiger charge is -2.10. The Balaban J connectivity index is 0.00000220. The van der Waals surface area contributed by atoms with Crippen LogP contribution in [0.3, 0.4) is 0 Å². The summed E-state index contributed by atoms with van der Waals surface area (Å²) in [6.45, 7) is 2.19. The van der Waals surface area contributed by atoms with E-state index in [4.69, 9.17) is 4.74 Å². The number of pyridine rings is 1. The maximum atomic E-state index is 4.99. The molecule has 0 aromatic carbocycles. The van der Waals surface area contributed by atoms with Crippen LogP contribution in [0.15, 0.2) is 35.6 Å². The summed E-state index contributed by atoms with van der Waals surface area (Å²) in [5.41, 5.74) is 2.04. The van der Waals surface area contributed by atoms with Crippen LogP contribution in [0.2, 0.25) is 0 Å². The Labute approximate surface area is 142 Å². The molecule has 2 aromatic heterocycles. The van der Waals surface area contributed by atoms with E-state index in [1.165, 1.54) is 0 Å². The van der Waals surface area contributed by atoms with Gasteiger partial charge in [-0.3, -0.25) is 4.99 Å². The van der Waals surface area contributed by atoms with Crippen molar-refractivity contribution >= 4 is 35.6 Å². The van der Waals surface area contributed by atoms with Crippen molar-refractivity contribution in [2.75, 3.05) is 33.9 Å². The van der Waals surface area contributed by atoms with Crippen LogP contribution in [-0.4, -0.2) is 49.2 Å². The maximum absolute atomic E-state index is 4.99. The van der Waals surface area contributed by atoms with Crippen molar-refractivity contribution < 1.29 is 4.74 Å². The molecule has 0 saturated heterocycles. The second-order valence-corrected chi connectivity index (χ2v) is 4.37. The Hall–Kier alpha value is -1.35. The summed E-state index contributed by atoms with van der Waals surface area (Å²) in [5.74, 6) is 0.783. The molecule has 0 aliphatic carbocycles. The van der Waals surface area contributed by atoms with Gasteiger partial charge in [-0.1, -0.05) is 6.07 Å². The minimum absolute atomic E-state index is 0. The van der Waals surface area contributed by atoms with Crippen molar-refractivity contribution in [3.8, 4) is 0 Å². The number of nitrogens with one attached hydrogen (secondary N) is 2. The fourth-order valence-electron chi connectivity index (χ4n) is 1.91. The summed E-state index contributed by atoms with van der Waals surface area (Å²) < 4.78 is 7.01. The van der Waals surface area contributed by atoms with Gasteiger partial charge in [-0.2, -0.15) is 0 Å². The topological polar surface area (TPSA) is 63.0 Å². The van der Waals surface area contributed by atoms with Crippen molar-refractivity contribution in [3.05, 3.63) is 36.3 Å². The molecule has 0 aliphatic heterocycles. The van der Waals surface area contributed by atoms with Gasteiger partial charge in [0.1, 0.15) is 5.65 Å². The average molecular weight is 403 g/mol. The summed E-state index contributed by atoms with van der Waals surface area (Å²) >= 11 is 0. The molecule has 7 heteroatoms. The molecule has 116 valence electrons. The van der Waals surface area contributed by atoms with E-state index in [0.717, 1.165) is 36.8 Å². The van der Waals surface area contributed by atoms with Crippen molar-refractivity contribution in [1.82, 2.24) is 20.0 Å². The van der Waals surface area contributed by atoms with Crippen LogP contribution in [0.5, 0.6) is 0 Å². The number of ether oxygens (including phenoxy) is 1. The number of halogens is 1. The minimum atomic E-state index is 0. The molecule has 0 radical (unpaired) electrons. The summed E-state index contributed by atoms with van der Waals surface area (Å²) in [5, 5.41) is 6.43. The third kappa shape index (κ3) is 5.50. The quantitative estimate of drug-likeness (QED) is 0.331. The number of rotatable bonds is 6. The van der Waals surface area contributed by atoms with Crippen LogP contribution in [0.4, 0.5) is 0 Å². The van der Waals surface area contributed by atoms with E-state index >= 15 is 0 Å². The lowest BCUT2D eigenvalue weighted by atomic mass is 10.3. The average Bonchev–Trinajstić information content (AvgIpc) is 2.88. The second kappa shape index (κ2) is 9.56. The highest BCUT2D eigenvalue weighted by atomic mass is 127. The predicted octanol–water partition coefficient (Wildman–Crippen LogP) is 1.31. The van der Waals surface area contributed by atoms with Crippen molar-refractivity contribution in [3.63, 3.8) is 0 Å². The zero-order chi connectivity index (χ0) is 14.2. The molecule has 6 nitrogen and oxygen atoms in total. The Morgan fingerprint density at radius 1 is 1.33 bits per heavy atom. The van der Waals surface area contributed by atoms with E-state index in [2.05, 4.69) is 26.8 Å².